The van der Waals surface area contributed by atoms with Gasteiger partial charge < -0.3 is 33.2 Å². The van der Waals surface area contributed by atoms with Gasteiger partial charge in [-0.2, -0.15) is 0 Å². The first kappa shape index (κ1) is 29.5. The fourth-order valence-electron chi connectivity index (χ4n) is 7.10. The first-order chi connectivity index (χ1) is 22.3. The highest BCUT2D eigenvalue weighted by molar-refractivity contribution is 6.30. The molecule has 10 nitrogen and oxygen atoms in total. The molecule has 8 rings (SSSR count). The molecule has 0 saturated carbocycles. The number of esters is 1. The van der Waals surface area contributed by atoms with E-state index in [1.54, 1.807) is 25.1 Å². The van der Waals surface area contributed by atoms with Gasteiger partial charge in [-0.1, -0.05) is 17.7 Å². The molecule has 3 fully saturated rings. The summed E-state index contributed by atoms with van der Waals surface area (Å²) < 4.78 is 46.7. The molecule has 0 radical (unpaired) electrons. The molecule has 3 saturated heterocycles. The van der Waals surface area contributed by atoms with Crippen molar-refractivity contribution in [1.82, 2.24) is 14.5 Å². The van der Waals surface area contributed by atoms with Crippen molar-refractivity contribution in [2.45, 2.75) is 50.4 Å². The van der Waals surface area contributed by atoms with Crippen LogP contribution in [0.2, 0.25) is 5.02 Å². The van der Waals surface area contributed by atoms with Crippen molar-refractivity contribution in [2.24, 2.45) is 0 Å². The second-order valence-electron chi connectivity index (χ2n) is 12.3. The first-order valence-corrected chi connectivity index (χ1v) is 15.9. The summed E-state index contributed by atoms with van der Waals surface area (Å²) in [4.78, 5) is 22.1. The zero-order chi connectivity index (χ0) is 31.6. The van der Waals surface area contributed by atoms with Crippen molar-refractivity contribution in [2.75, 3.05) is 44.9 Å². The number of para-hydroxylation sites is 1. The molecule has 4 aliphatic heterocycles. The van der Waals surface area contributed by atoms with Crippen LogP contribution in [0.15, 0.2) is 54.6 Å². The molecule has 3 aromatic carbocycles. The number of carbonyl (C=O) groups excluding carboxylic acids is 1. The van der Waals surface area contributed by atoms with Crippen LogP contribution in [-0.2, 0) is 33.1 Å². The van der Waals surface area contributed by atoms with Gasteiger partial charge in [0, 0.05) is 31.6 Å². The Balaban J connectivity index is 1.07. The molecule has 0 spiro atoms. The minimum Gasteiger partial charge on any atom is -0.465 e. The zero-order valence-corrected chi connectivity index (χ0v) is 26.3. The third-order valence-electron chi connectivity index (χ3n) is 9.58. The Hall–Kier alpha value is -3.90. The molecule has 0 amide bonds. The van der Waals surface area contributed by atoms with Crippen LogP contribution in [0.5, 0.6) is 11.5 Å². The molecule has 46 heavy (non-hydrogen) atoms. The molecule has 0 N–H and O–H groups in total. The Morgan fingerprint density at radius 1 is 1.11 bits per heavy atom. The maximum absolute atomic E-state index is 15.0. The fourth-order valence-corrected chi connectivity index (χ4v) is 7.26. The number of ether oxygens (including phenoxy) is 5. The maximum atomic E-state index is 15.0. The Labute approximate surface area is 270 Å². The highest BCUT2D eigenvalue weighted by atomic mass is 35.5. The summed E-state index contributed by atoms with van der Waals surface area (Å²) in [5.74, 6) is -0.133. The standard InChI is InChI=1S/C34H34ClFN4O6/c1-34(23-8-7-21(35)15-24(23)36)45-30-5-3-4-26(32(30)46-34)39-12-11-38(28-18-43-19-29(28)39)17-31-37-25-9-6-20(33(41)42-2)14-27(25)40(31)16-22-10-13-44-22/h3-9,14-15,22,28-29H,10-13,16-19H2,1-2H3/t22-,28-,29+,34?/m0/s1. The lowest BCUT2D eigenvalue weighted by atomic mass is 10.0. The first-order valence-electron chi connectivity index (χ1n) is 15.6. The molecule has 5 heterocycles. The van der Waals surface area contributed by atoms with Crippen molar-refractivity contribution in [1.29, 1.82) is 0 Å². The van der Waals surface area contributed by atoms with E-state index < -0.39 is 11.6 Å². The number of imidazole rings is 1. The average molecular weight is 649 g/mol. The molecule has 0 aliphatic carbocycles. The lowest BCUT2D eigenvalue weighted by molar-refractivity contribution is -0.0705. The van der Waals surface area contributed by atoms with E-state index in [1.807, 2.05) is 30.3 Å². The number of methoxy groups -OCH3 is 1. The second-order valence-corrected chi connectivity index (χ2v) is 12.8. The average Bonchev–Trinajstić information content (AvgIpc) is 3.74. The van der Waals surface area contributed by atoms with Crippen molar-refractivity contribution < 1.29 is 32.9 Å². The van der Waals surface area contributed by atoms with Gasteiger partial charge in [-0.3, -0.25) is 4.90 Å². The summed E-state index contributed by atoms with van der Waals surface area (Å²) in [6.07, 6.45) is 1.11. The minimum absolute atomic E-state index is 0.0571. The van der Waals surface area contributed by atoms with E-state index in [4.69, 9.17) is 40.3 Å². The molecule has 4 aliphatic rings. The minimum atomic E-state index is -1.34. The van der Waals surface area contributed by atoms with Crippen molar-refractivity contribution >= 4 is 34.3 Å². The van der Waals surface area contributed by atoms with E-state index >= 15 is 0 Å². The number of nitrogens with zero attached hydrogens (tertiary/aromatic N) is 4. The van der Waals surface area contributed by atoms with Crippen LogP contribution in [0, 0.1) is 5.82 Å². The normalized spacial score (nSPS) is 25.5. The summed E-state index contributed by atoms with van der Waals surface area (Å²) in [6.45, 7) is 6.38. The monoisotopic (exact) mass is 648 g/mol. The quantitative estimate of drug-likeness (QED) is 0.253. The predicted octanol–water partition coefficient (Wildman–Crippen LogP) is 5.14. The second kappa shape index (κ2) is 11.4. The number of hydrogen-bond acceptors (Lipinski definition) is 9. The molecular weight excluding hydrogens is 615 g/mol. The van der Waals surface area contributed by atoms with Crippen LogP contribution in [0.3, 0.4) is 0 Å². The Morgan fingerprint density at radius 2 is 1.96 bits per heavy atom. The van der Waals surface area contributed by atoms with Crippen LogP contribution >= 0.6 is 11.6 Å². The van der Waals surface area contributed by atoms with Crippen molar-refractivity contribution in [3.63, 3.8) is 0 Å². The van der Waals surface area contributed by atoms with Gasteiger partial charge in [-0.05, 0) is 55.0 Å². The Bertz CT molecular complexity index is 1830. The van der Waals surface area contributed by atoms with Gasteiger partial charge in [0.1, 0.15) is 11.6 Å². The number of fused-ring (bicyclic) bond motifs is 3. The maximum Gasteiger partial charge on any atom is 0.337 e. The van der Waals surface area contributed by atoms with Gasteiger partial charge in [-0.15, -0.1) is 0 Å². The number of carbonyl (C=O) groups is 1. The van der Waals surface area contributed by atoms with E-state index in [0.29, 0.717) is 48.4 Å². The molecule has 1 unspecified atom stereocenters. The molecule has 0 bridgehead atoms. The van der Waals surface area contributed by atoms with Crippen molar-refractivity contribution in [3.8, 4) is 11.5 Å². The van der Waals surface area contributed by atoms with E-state index in [0.717, 1.165) is 48.7 Å². The number of anilines is 1. The molecular formula is C34H34ClFN4O6. The van der Waals surface area contributed by atoms with Gasteiger partial charge in [0.05, 0.1) is 79.4 Å². The molecule has 12 heteroatoms. The third-order valence-corrected chi connectivity index (χ3v) is 9.82. The highest BCUT2D eigenvalue weighted by Crippen LogP contribution is 2.51. The topological polar surface area (TPSA) is 87.5 Å². The van der Waals surface area contributed by atoms with Gasteiger partial charge >= 0.3 is 5.97 Å². The van der Waals surface area contributed by atoms with Gasteiger partial charge in [0.25, 0.3) is 5.79 Å². The Kier molecular flexibility index (Phi) is 7.32. The SMILES string of the molecule is COC(=O)c1ccc2nc(CN3CCN(c4cccc5c4OC(C)(c4ccc(Cl)cc4F)O5)[C@@H]4COC[C@@H]43)n(C[C@@H]3CCO3)c2c1. The van der Waals surface area contributed by atoms with Crippen LogP contribution in [0.25, 0.3) is 11.0 Å². The fraction of sp³-hybridized carbons (Fsp3) is 0.412. The van der Waals surface area contributed by atoms with E-state index in [9.17, 15) is 9.18 Å². The summed E-state index contributed by atoms with van der Waals surface area (Å²) in [5, 5.41) is 0.309. The van der Waals surface area contributed by atoms with Crippen LogP contribution in [-0.4, -0.2) is 78.6 Å². The van der Waals surface area contributed by atoms with E-state index in [-0.39, 0.29) is 29.7 Å². The number of piperazine rings is 1. The number of hydrogen-bond donors (Lipinski definition) is 0. The molecule has 240 valence electrons. The predicted molar refractivity (Wildman–Crippen MR) is 168 cm³/mol. The van der Waals surface area contributed by atoms with Crippen LogP contribution < -0.4 is 14.4 Å². The molecule has 4 aromatic rings. The van der Waals surface area contributed by atoms with Crippen molar-refractivity contribution in [3.05, 3.63) is 82.4 Å². The smallest absolute Gasteiger partial charge is 0.337 e. The lowest BCUT2D eigenvalue weighted by Gasteiger charge is -2.44. The Morgan fingerprint density at radius 3 is 2.74 bits per heavy atom. The largest absolute Gasteiger partial charge is 0.465 e. The van der Waals surface area contributed by atoms with Gasteiger partial charge in [-0.25, -0.2) is 14.2 Å². The number of rotatable bonds is 7. The number of benzene rings is 3. The summed E-state index contributed by atoms with van der Waals surface area (Å²) in [7, 11) is 1.39. The van der Waals surface area contributed by atoms with E-state index in [2.05, 4.69) is 14.4 Å². The molecule has 4 atom stereocenters. The summed E-state index contributed by atoms with van der Waals surface area (Å²) >= 11 is 6.01. The van der Waals surface area contributed by atoms with Crippen LogP contribution in [0.1, 0.15) is 35.1 Å². The lowest BCUT2D eigenvalue weighted by Crippen LogP contribution is -2.59. The van der Waals surface area contributed by atoms with Gasteiger partial charge in [0.15, 0.2) is 11.5 Å². The van der Waals surface area contributed by atoms with E-state index in [1.165, 1.54) is 13.2 Å². The summed E-state index contributed by atoms with van der Waals surface area (Å²) in [6, 6.07) is 16.0. The molecule has 1 aromatic heterocycles. The number of aromatic nitrogens is 2. The highest BCUT2D eigenvalue weighted by Gasteiger charge is 2.46. The van der Waals surface area contributed by atoms with Gasteiger partial charge in [0.2, 0.25) is 0 Å². The summed E-state index contributed by atoms with van der Waals surface area (Å²) in [5.41, 5.74) is 3.38. The number of halogens is 2. The van der Waals surface area contributed by atoms with Crippen LogP contribution in [0.4, 0.5) is 10.1 Å². The zero-order valence-electron chi connectivity index (χ0n) is 25.6. The third kappa shape index (κ3) is 4.97.